The van der Waals surface area contributed by atoms with E-state index >= 15 is 0 Å². The lowest BCUT2D eigenvalue weighted by Gasteiger charge is -2.43. The van der Waals surface area contributed by atoms with E-state index in [9.17, 15) is 0 Å². The van der Waals surface area contributed by atoms with Crippen molar-refractivity contribution in [1.82, 2.24) is 0 Å². The van der Waals surface area contributed by atoms with Gasteiger partial charge in [-0.2, -0.15) is 0 Å². The molecule has 1 aromatic heterocycles. The van der Waals surface area contributed by atoms with Crippen LogP contribution in [0.5, 0.6) is 0 Å². The fourth-order valence-electron chi connectivity index (χ4n) is 4.68. The minimum atomic E-state index is -0.803. The first-order chi connectivity index (χ1) is 16.7. The number of hydrogen-bond acceptors (Lipinski definition) is 3. The third kappa shape index (κ3) is 3.50. The molecule has 0 saturated heterocycles. The van der Waals surface area contributed by atoms with Crippen LogP contribution in [0.2, 0.25) is 5.02 Å². The second kappa shape index (κ2) is 8.53. The van der Waals surface area contributed by atoms with Gasteiger partial charge in [-0.25, -0.2) is 0 Å². The van der Waals surface area contributed by atoms with Crippen molar-refractivity contribution in [3.05, 3.63) is 149 Å². The maximum atomic E-state index is 7.00. The average Bonchev–Trinajstić information content (AvgIpc) is 3.40. The van der Waals surface area contributed by atoms with E-state index in [0.29, 0.717) is 10.8 Å². The van der Waals surface area contributed by atoms with Crippen molar-refractivity contribution >= 4 is 17.3 Å². The van der Waals surface area contributed by atoms with E-state index in [1.807, 2.05) is 54.6 Å². The maximum Gasteiger partial charge on any atom is 0.188 e. The monoisotopic (exact) mass is 463 g/mol. The fraction of sp³-hybridized carbons (Fsp3) is 0.0667. The molecule has 0 aliphatic carbocycles. The highest BCUT2D eigenvalue weighted by Crippen LogP contribution is 2.50. The first-order valence-electron chi connectivity index (χ1n) is 11.2. The Balaban J connectivity index is 1.50. The Morgan fingerprint density at radius 2 is 1.26 bits per heavy atom. The highest BCUT2D eigenvalue weighted by atomic mass is 35.5. The summed E-state index contributed by atoms with van der Waals surface area (Å²) in [5.41, 5.74) is 4.35. The standard InChI is InChI=1S/C30H22ClNO2/c31-24-17-15-21(16-18-24)27-19-20-28(33-27)29-32-26-14-8-7-13-25(26)30(34-29,22-9-3-1-4-10-22)23-11-5-2-6-12-23/h1-20,29,32H/t29-/m0/s1. The lowest BCUT2D eigenvalue weighted by Crippen LogP contribution is -2.40. The number of furan rings is 1. The number of halogens is 1. The van der Waals surface area contributed by atoms with Gasteiger partial charge in [-0.1, -0.05) is 90.5 Å². The Hall–Kier alpha value is -3.79. The number of benzene rings is 4. The van der Waals surface area contributed by atoms with Gasteiger partial charge >= 0.3 is 0 Å². The summed E-state index contributed by atoms with van der Waals surface area (Å²) in [6.07, 6.45) is -0.489. The Kier molecular flexibility index (Phi) is 5.21. The predicted octanol–water partition coefficient (Wildman–Crippen LogP) is 8.03. The molecule has 1 N–H and O–H groups in total. The predicted molar refractivity (Wildman–Crippen MR) is 136 cm³/mol. The van der Waals surface area contributed by atoms with Gasteiger partial charge in [0.15, 0.2) is 12.0 Å². The third-order valence-electron chi connectivity index (χ3n) is 6.26. The fourth-order valence-corrected chi connectivity index (χ4v) is 4.80. The Labute approximate surface area is 203 Å². The van der Waals surface area contributed by atoms with Crippen LogP contribution in [0.3, 0.4) is 0 Å². The zero-order valence-corrected chi connectivity index (χ0v) is 19.1. The highest BCUT2D eigenvalue weighted by molar-refractivity contribution is 6.30. The van der Waals surface area contributed by atoms with E-state index < -0.39 is 11.8 Å². The van der Waals surface area contributed by atoms with Crippen molar-refractivity contribution in [2.24, 2.45) is 0 Å². The highest BCUT2D eigenvalue weighted by Gasteiger charge is 2.45. The molecular weight excluding hydrogens is 442 g/mol. The second-order valence-corrected chi connectivity index (χ2v) is 8.75. The largest absolute Gasteiger partial charge is 0.456 e. The quantitative estimate of drug-likeness (QED) is 0.293. The molecular formula is C30H22ClNO2. The van der Waals surface area contributed by atoms with Gasteiger partial charge in [-0.15, -0.1) is 0 Å². The van der Waals surface area contributed by atoms with Crippen LogP contribution >= 0.6 is 11.6 Å². The van der Waals surface area contributed by atoms with Crippen molar-refractivity contribution in [3.63, 3.8) is 0 Å². The van der Waals surface area contributed by atoms with Crippen molar-refractivity contribution in [2.75, 3.05) is 5.32 Å². The van der Waals surface area contributed by atoms with Crippen LogP contribution in [0.15, 0.2) is 126 Å². The minimum absolute atomic E-state index is 0.489. The molecule has 0 radical (unpaired) electrons. The molecule has 5 aromatic rings. The van der Waals surface area contributed by atoms with Crippen LogP contribution in [0.4, 0.5) is 5.69 Å². The summed E-state index contributed by atoms with van der Waals surface area (Å²) in [4.78, 5) is 0. The summed E-state index contributed by atoms with van der Waals surface area (Å²) in [5.74, 6) is 1.47. The van der Waals surface area contributed by atoms with E-state index in [4.69, 9.17) is 20.8 Å². The van der Waals surface area contributed by atoms with Crippen LogP contribution in [0.25, 0.3) is 11.3 Å². The smallest absolute Gasteiger partial charge is 0.188 e. The zero-order valence-electron chi connectivity index (χ0n) is 18.3. The van der Waals surface area contributed by atoms with Crippen LogP contribution in [0, 0.1) is 0 Å². The zero-order chi connectivity index (χ0) is 23.0. The summed E-state index contributed by atoms with van der Waals surface area (Å²) >= 11 is 6.06. The first-order valence-corrected chi connectivity index (χ1v) is 11.6. The topological polar surface area (TPSA) is 34.4 Å². The summed E-state index contributed by atoms with van der Waals surface area (Å²) in [6.45, 7) is 0. The second-order valence-electron chi connectivity index (χ2n) is 8.31. The molecule has 1 aliphatic heterocycles. The van der Waals surface area contributed by atoms with Crippen molar-refractivity contribution < 1.29 is 9.15 Å². The molecule has 4 heteroatoms. The van der Waals surface area contributed by atoms with Crippen LogP contribution in [-0.2, 0) is 10.3 Å². The molecule has 6 rings (SSSR count). The number of anilines is 1. The molecule has 1 aliphatic rings. The third-order valence-corrected chi connectivity index (χ3v) is 6.51. The first kappa shape index (κ1) is 20.8. The van der Waals surface area contributed by atoms with Gasteiger partial charge in [-0.05, 0) is 53.6 Å². The number of ether oxygens (including phenoxy) is 1. The Morgan fingerprint density at radius 3 is 1.94 bits per heavy atom. The molecule has 4 aromatic carbocycles. The van der Waals surface area contributed by atoms with Crippen molar-refractivity contribution in [3.8, 4) is 11.3 Å². The SMILES string of the molecule is Clc1ccc(-c2ccc([C@H]3Nc4ccccc4C(c4ccccc4)(c4ccccc4)O3)o2)cc1. The summed E-state index contributed by atoms with van der Waals surface area (Å²) in [5, 5.41) is 4.24. The normalized spacial score (nSPS) is 16.4. The molecule has 0 amide bonds. The molecule has 2 heterocycles. The van der Waals surface area contributed by atoms with Crippen LogP contribution < -0.4 is 5.32 Å². The van der Waals surface area contributed by atoms with Gasteiger partial charge in [0.25, 0.3) is 0 Å². The molecule has 0 unspecified atom stereocenters. The van der Waals surface area contributed by atoms with Gasteiger partial charge < -0.3 is 14.5 Å². The summed E-state index contributed by atoms with van der Waals surface area (Å²) < 4.78 is 13.3. The number of hydrogen-bond donors (Lipinski definition) is 1. The van der Waals surface area contributed by atoms with Gasteiger partial charge in [0.1, 0.15) is 11.4 Å². The van der Waals surface area contributed by atoms with Crippen LogP contribution in [0.1, 0.15) is 28.7 Å². The van der Waals surface area contributed by atoms with Crippen LogP contribution in [-0.4, -0.2) is 0 Å². The minimum Gasteiger partial charge on any atom is -0.456 e. The van der Waals surface area contributed by atoms with Crippen molar-refractivity contribution in [1.29, 1.82) is 0 Å². The van der Waals surface area contributed by atoms with E-state index in [1.165, 1.54) is 0 Å². The molecule has 0 bridgehead atoms. The number of nitrogens with one attached hydrogen (secondary N) is 1. The van der Waals surface area contributed by atoms with Gasteiger partial charge in [0, 0.05) is 21.8 Å². The molecule has 1 atom stereocenters. The van der Waals surface area contributed by atoms with E-state index in [-0.39, 0.29) is 0 Å². The lowest BCUT2D eigenvalue weighted by atomic mass is 9.78. The number of rotatable bonds is 4. The average molecular weight is 464 g/mol. The number of para-hydroxylation sites is 1. The van der Waals surface area contributed by atoms with Gasteiger partial charge in [0.2, 0.25) is 0 Å². The molecule has 3 nitrogen and oxygen atoms in total. The molecule has 0 fully saturated rings. The summed E-state index contributed by atoms with van der Waals surface area (Å²) in [6, 6.07) is 40.6. The summed E-state index contributed by atoms with van der Waals surface area (Å²) in [7, 11) is 0. The van der Waals surface area contributed by atoms with E-state index in [1.54, 1.807) is 0 Å². The van der Waals surface area contributed by atoms with E-state index in [0.717, 1.165) is 33.7 Å². The Morgan fingerprint density at radius 1 is 0.647 bits per heavy atom. The van der Waals surface area contributed by atoms with Crippen molar-refractivity contribution in [2.45, 2.75) is 11.8 Å². The molecule has 166 valence electrons. The Bertz CT molecular complexity index is 1370. The lowest BCUT2D eigenvalue weighted by molar-refractivity contribution is -0.0518. The maximum absolute atomic E-state index is 7.00. The van der Waals surface area contributed by atoms with Gasteiger partial charge in [0.05, 0.1) is 0 Å². The molecule has 34 heavy (non-hydrogen) atoms. The number of fused-ring (bicyclic) bond motifs is 1. The van der Waals surface area contributed by atoms with E-state index in [2.05, 4.69) is 72.0 Å². The molecule has 0 saturated carbocycles. The molecule has 0 spiro atoms. The van der Waals surface area contributed by atoms with Gasteiger partial charge in [-0.3, -0.25) is 0 Å².